The van der Waals surface area contributed by atoms with Crippen molar-refractivity contribution in [3.63, 3.8) is 0 Å². The molecule has 0 rings (SSSR count). The number of rotatable bonds is 9. The van der Waals surface area contributed by atoms with Gasteiger partial charge in [-0.1, -0.05) is 0 Å². The van der Waals surface area contributed by atoms with Gasteiger partial charge in [0.2, 0.25) is 0 Å². The SMILES string of the molecule is O=C(I)OCCN(CCOC(=O)I)CCOC(=O)I. The van der Waals surface area contributed by atoms with Crippen molar-refractivity contribution in [1.82, 2.24) is 4.90 Å². The molecular weight excluding hydrogens is 599 g/mol. The number of nitrogens with zero attached hydrogens (tertiary/aromatic N) is 1. The Labute approximate surface area is 151 Å². The molecule has 110 valence electrons. The molecule has 0 radical (unpaired) electrons. The third-order valence-electron chi connectivity index (χ3n) is 1.87. The number of hydrogen-bond donors (Lipinski definition) is 0. The first-order chi connectivity index (χ1) is 8.91. The highest BCUT2D eigenvalue weighted by Crippen LogP contribution is 1.98. The van der Waals surface area contributed by atoms with E-state index in [1.165, 1.54) is 0 Å². The van der Waals surface area contributed by atoms with E-state index in [0.717, 1.165) is 0 Å². The van der Waals surface area contributed by atoms with Crippen molar-refractivity contribution in [3.8, 4) is 0 Å². The van der Waals surface area contributed by atoms with Crippen LogP contribution >= 0.6 is 67.8 Å². The summed E-state index contributed by atoms with van der Waals surface area (Å²) in [7, 11) is 0. The van der Waals surface area contributed by atoms with Gasteiger partial charge >= 0.3 is 11.9 Å². The molecule has 0 saturated carbocycles. The van der Waals surface area contributed by atoms with E-state index in [9.17, 15) is 14.4 Å². The summed E-state index contributed by atoms with van der Waals surface area (Å²) in [6.45, 7) is 2.14. The molecule has 0 aromatic rings. The highest BCUT2D eigenvalue weighted by Gasteiger charge is 2.08. The fourth-order valence-corrected chi connectivity index (χ4v) is 1.76. The lowest BCUT2D eigenvalue weighted by Gasteiger charge is -2.21. The molecule has 0 spiro atoms. The van der Waals surface area contributed by atoms with Crippen LogP contribution in [0.2, 0.25) is 0 Å². The molecule has 10 heteroatoms. The zero-order chi connectivity index (χ0) is 14.7. The van der Waals surface area contributed by atoms with E-state index in [-0.39, 0.29) is 31.7 Å². The standard InChI is InChI=1S/C9H12I3NO6/c10-7(14)17-4-1-13(2-5-18-8(11)15)3-6-19-9(12)16/h1-6H2. The summed E-state index contributed by atoms with van der Waals surface area (Å²) in [5.74, 6) is 0. The van der Waals surface area contributed by atoms with Gasteiger partial charge in [0.05, 0.1) is 67.8 Å². The van der Waals surface area contributed by atoms with Crippen LogP contribution in [-0.4, -0.2) is 56.3 Å². The minimum absolute atomic E-state index is 0.234. The topological polar surface area (TPSA) is 82.1 Å². The van der Waals surface area contributed by atoms with Gasteiger partial charge in [0.25, 0.3) is 0 Å². The quantitative estimate of drug-likeness (QED) is 0.226. The average Bonchev–Trinajstić information content (AvgIpc) is 2.26. The molecule has 0 fully saturated rings. The smallest absolute Gasteiger partial charge is 0.367 e. The lowest BCUT2D eigenvalue weighted by atomic mass is 10.4. The lowest BCUT2D eigenvalue weighted by molar-refractivity contribution is 0.111. The molecular formula is C9H12I3NO6. The van der Waals surface area contributed by atoms with E-state index in [4.69, 9.17) is 14.2 Å². The van der Waals surface area contributed by atoms with Gasteiger partial charge in [0.1, 0.15) is 19.8 Å². The molecule has 0 heterocycles. The third-order valence-corrected chi connectivity index (χ3v) is 2.80. The largest absolute Gasteiger partial charge is 0.457 e. The second kappa shape index (κ2) is 12.3. The molecule has 0 N–H and O–H groups in total. The maximum atomic E-state index is 10.6. The monoisotopic (exact) mass is 611 g/mol. The highest BCUT2D eigenvalue weighted by molar-refractivity contribution is 14.1. The number of hydrogen-bond acceptors (Lipinski definition) is 7. The molecule has 0 aliphatic rings. The molecule has 0 aromatic heterocycles. The Balaban J connectivity index is 3.94. The number of ether oxygens (including phenoxy) is 3. The van der Waals surface area contributed by atoms with Gasteiger partial charge in [-0.05, 0) is 0 Å². The predicted molar refractivity (Wildman–Crippen MR) is 92.5 cm³/mol. The maximum absolute atomic E-state index is 10.6. The number of carbonyl (C=O) groups excluding carboxylic acids is 3. The van der Waals surface area contributed by atoms with Gasteiger partial charge in [-0.3, -0.25) is 4.90 Å². The molecule has 0 saturated heterocycles. The van der Waals surface area contributed by atoms with Gasteiger partial charge < -0.3 is 14.2 Å². The molecule has 0 aliphatic carbocycles. The molecule has 19 heavy (non-hydrogen) atoms. The Bertz CT molecular complexity index is 267. The van der Waals surface area contributed by atoms with E-state index in [2.05, 4.69) is 0 Å². The van der Waals surface area contributed by atoms with Crippen molar-refractivity contribution in [2.45, 2.75) is 0 Å². The molecule has 7 nitrogen and oxygen atoms in total. The van der Waals surface area contributed by atoms with Crippen LogP contribution in [0.4, 0.5) is 14.4 Å². The summed E-state index contributed by atoms with van der Waals surface area (Å²) in [6.07, 6.45) is 0. The van der Waals surface area contributed by atoms with Crippen molar-refractivity contribution >= 4 is 79.7 Å². The van der Waals surface area contributed by atoms with Crippen LogP contribution < -0.4 is 0 Å². The normalized spacial score (nSPS) is 10.1. The summed E-state index contributed by atoms with van der Waals surface area (Å²) in [5, 5.41) is 0. The first kappa shape index (κ1) is 19.6. The van der Waals surface area contributed by atoms with Crippen molar-refractivity contribution in [3.05, 3.63) is 0 Å². The molecule has 0 aromatic carbocycles. The Hall–Kier alpha value is 0.560. The van der Waals surface area contributed by atoms with Crippen LogP contribution in [0.1, 0.15) is 0 Å². The van der Waals surface area contributed by atoms with E-state index < -0.39 is 0 Å². The number of halogens is 3. The van der Waals surface area contributed by atoms with Crippen LogP contribution in [-0.2, 0) is 14.2 Å². The first-order valence-electron chi connectivity index (χ1n) is 5.11. The van der Waals surface area contributed by atoms with Crippen LogP contribution in [0.3, 0.4) is 0 Å². The fraction of sp³-hybridized carbons (Fsp3) is 0.667. The summed E-state index contributed by atoms with van der Waals surface area (Å²) < 4.78 is 13.3. The lowest BCUT2D eigenvalue weighted by Crippen LogP contribution is -2.34. The average molecular weight is 611 g/mol. The van der Waals surface area contributed by atoms with Crippen molar-refractivity contribution < 1.29 is 28.6 Å². The van der Waals surface area contributed by atoms with Crippen LogP contribution in [0.5, 0.6) is 0 Å². The number of carbonyl (C=O) groups is 3. The van der Waals surface area contributed by atoms with Gasteiger partial charge in [-0.15, -0.1) is 0 Å². The van der Waals surface area contributed by atoms with Gasteiger partial charge in [0.15, 0.2) is 0 Å². The van der Waals surface area contributed by atoms with Crippen LogP contribution in [0.15, 0.2) is 0 Å². The molecule has 0 bridgehead atoms. The Morgan fingerprint density at radius 1 is 0.684 bits per heavy atom. The predicted octanol–water partition coefficient (Wildman–Crippen LogP) is 3.00. The summed E-state index contributed by atoms with van der Waals surface area (Å²) in [4.78, 5) is 33.8. The highest BCUT2D eigenvalue weighted by atomic mass is 127. The van der Waals surface area contributed by atoms with Crippen molar-refractivity contribution in [2.24, 2.45) is 0 Å². The van der Waals surface area contributed by atoms with E-state index in [1.54, 1.807) is 67.8 Å². The summed E-state index contributed by atoms with van der Waals surface area (Å²) >= 11 is 4.63. The van der Waals surface area contributed by atoms with Crippen LogP contribution in [0, 0.1) is 0 Å². The van der Waals surface area contributed by atoms with E-state index in [1.807, 2.05) is 4.90 Å². The van der Waals surface area contributed by atoms with E-state index >= 15 is 0 Å². The molecule has 0 unspecified atom stereocenters. The Morgan fingerprint density at radius 3 is 1.16 bits per heavy atom. The van der Waals surface area contributed by atoms with Gasteiger partial charge in [-0.2, -0.15) is 0 Å². The van der Waals surface area contributed by atoms with Gasteiger partial charge in [-0.25, -0.2) is 14.4 Å². The Morgan fingerprint density at radius 2 is 0.947 bits per heavy atom. The summed E-state index contributed by atoms with van der Waals surface area (Å²) in [6, 6.07) is 0. The van der Waals surface area contributed by atoms with Crippen molar-refractivity contribution in [2.75, 3.05) is 39.5 Å². The van der Waals surface area contributed by atoms with E-state index in [0.29, 0.717) is 19.6 Å². The second-order valence-corrected chi connectivity index (χ2v) is 5.74. The second-order valence-electron chi connectivity index (χ2n) is 3.10. The summed E-state index contributed by atoms with van der Waals surface area (Å²) in [5.41, 5.74) is 0. The minimum Gasteiger partial charge on any atom is -0.457 e. The van der Waals surface area contributed by atoms with Gasteiger partial charge in [0, 0.05) is 19.6 Å². The fourth-order valence-electron chi connectivity index (χ4n) is 1.10. The molecule has 0 aliphatic heterocycles. The molecule has 0 amide bonds. The van der Waals surface area contributed by atoms with Crippen LogP contribution in [0.25, 0.3) is 0 Å². The zero-order valence-corrected chi connectivity index (χ0v) is 16.2. The zero-order valence-electron chi connectivity index (χ0n) is 9.77. The Kier molecular flexibility index (Phi) is 12.7. The minimum atomic E-state index is -0.380. The third kappa shape index (κ3) is 14.8. The maximum Gasteiger partial charge on any atom is 0.367 e. The van der Waals surface area contributed by atoms with Crippen molar-refractivity contribution in [1.29, 1.82) is 0 Å². The molecule has 0 atom stereocenters. The first-order valence-corrected chi connectivity index (χ1v) is 8.34.